The van der Waals surface area contributed by atoms with Crippen LogP contribution >= 0.6 is 11.6 Å². The Labute approximate surface area is 137 Å². The van der Waals surface area contributed by atoms with Crippen molar-refractivity contribution in [3.63, 3.8) is 0 Å². The molecule has 0 spiro atoms. The Bertz CT molecular complexity index is 554. The van der Waals surface area contributed by atoms with E-state index in [1.165, 1.54) is 6.08 Å². The summed E-state index contributed by atoms with van der Waals surface area (Å²) in [5.41, 5.74) is 1.48. The molecule has 2 nitrogen and oxygen atoms in total. The van der Waals surface area contributed by atoms with Gasteiger partial charge >= 0.3 is 0 Å². The number of nitrogens with one attached hydrogen (secondary N) is 1. The summed E-state index contributed by atoms with van der Waals surface area (Å²) in [6.45, 7) is 5.73. The third-order valence-electron chi connectivity index (χ3n) is 3.44. The Kier molecular flexibility index (Phi) is 7.89. The number of allylic oxidation sites excluding steroid dienone is 3. The van der Waals surface area contributed by atoms with E-state index in [1.807, 2.05) is 26.0 Å². The first-order valence-corrected chi connectivity index (χ1v) is 7.85. The smallest absolute Gasteiger partial charge is 0.251 e. The van der Waals surface area contributed by atoms with Crippen LogP contribution in [-0.2, 0) is 0 Å². The largest absolute Gasteiger partial charge is 0.351 e. The minimum atomic E-state index is -1.22. The second-order valence-corrected chi connectivity index (χ2v) is 5.52. The van der Waals surface area contributed by atoms with Crippen molar-refractivity contribution in [1.82, 2.24) is 5.32 Å². The fraction of sp³-hybridized carbons (Fsp3) is 0.389. The number of carbonyl (C=O) groups excluding carboxylic acids is 1. The van der Waals surface area contributed by atoms with Gasteiger partial charge in [0.1, 0.15) is 6.17 Å². The number of benzene rings is 1. The third kappa shape index (κ3) is 5.30. The molecule has 1 rings (SSSR count). The molecule has 0 aliphatic heterocycles. The van der Waals surface area contributed by atoms with Crippen molar-refractivity contribution in [2.45, 2.75) is 33.4 Å². The summed E-state index contributed by atoms with van der Waals surface area (Å²) in [6, 6.07) is 7.30. The monoisotopic (exact) mass is 323 g/mol. The van der Waals surface area contributed by atoms with Crippen molar-refractivity contribution in [3.05, 3.63) is 58.7 Å². The molecule has 0 aromatic heterocycles. The van der Waals surface area contributed by atoms with Crippen molar-refractivity contribution < 1.29 is 9.18 Å². The van der Waals surface area contributed by atoms with Crippen LogP contribution in [0.5, 0.6) is 0 Å². The van der Waals surface area contributed by atoms with Crippen molar-refractivity contribution in [2.24, 2.45) is 5.92 Å². The molecule has 2 atom stereocenters. The highest BCUT2D eigenvalue weighted by Crippen LogP contribution is 2.22. The summed E-state index contributed by atoms with van der Waals surface area (Å²) >= 11 is 6.10. The van der Waals surface area contributed by atoms with Gasteiger partial charge in [-0.2, -0.15) is 0 Å². The minimum absolute atomic E-state index is 0.158. The first kappa shape index (κ1) is 18.4. The summed E-state index contributed by atoms with van der Waals surface area (Å²) in [7, 11) is 0. The molecule has 2 unspecified atom stereocenters. The Morgan fingerprint density at radius 1 is 1.41 bits per heavy atom. The highest BCUT2D eigenvalue weighted by Gasteiger charge is 2.22. The number of hydrogen-bond donors (Lipinski definition) is 1. The SMILES string of the molecule is C/C=C(/Cl)C(CNC(=O)c1ccccc1C)C(F)/C=C\CC. The van der Waals surface area contributed by atoms with Gasteiger partial charge in [0.25, 0.3) is 5.91 Å². The lowest BCUT2D eigenvalue weighted by molar-refractivity contribution is 0.0945. The number of carbonyl (C=O) groups is 1. The van der Waals surface area contributed by atoms with Gasteiger partial charge in [0.2, 0.25) is 0 Å². The van der Waals surface area contributed by atoms with E-state index < -0.39 is 12.1 Å². The van der Waals surface area contributed by atoms with Gasteiger partial charge in [0.05, 0.1) is 0 Å². The fourth-order valence-corrected chi connectivity index (χ4v) is 2.30. The van der Waals surface area contributed by atoms with E-state index in [0.29, 0.717) is 10.6 Å². The molecule has 22 heavy (non-hydrogen) atoms. The highest BCUT2D eigenvalue weighted by atomic mass is 35.5. The molecule has 0 saturated carbocycles. The number of halogens is 2. The Morgan fingerprint density at radius 2 is 2.09 bits per heavy atom. The molecule has 1 N–H and O–H groups in total. The quantitative estimate of drug-likeness (QED) is 0.718. The van der Waals surface area contributed by atoms with Gasteiger partial charge in [-0.25, -0.2) is 4.39 Å². The lowest BCUT2D eigenvalue weighted by Gasteiger charge is -2.19. The molecule has 0 aliphatic carbocycles. The van der Waals surface area contributed by atoms with Gasteiger partial charge in [-0.15, -0.1) is 0 Å². The maximum Gasteiger partial charge on any atom is 0.251 e. The lowest BCUT2D eigenvalue weighted by Crippen LogP contribution is -2.33. The van der Waals surface area contributed by atoms with Gasteiger partial charge in [-0.1, -0.05) is 55.0 Å². The first-order chi connectivity index (χ1) is 10.5. The van der Waals surface area contributed by atoms with E-state index in [2.05, 4.69) is 5.32 Å². The summed E-state index contributed by atoms with van der Waals surface area (Å²) in [5, 5.41) is 3.19. The zero-order valence-corrected chi connectivity index (χ0v) is 14.0. The zero-order chi connectivity index (χ0) is 16.5. The number of alkyl halides is 1. The molecule has 0 saturated heterocycles. The van der Waals surface area contributed by atoms with Crippen LogP contribution in [-0.4, -0.2) is 18.6 Å². The van der Waals surface area contributed by atoms with E-state index in [9.17, 15) is 9.18 Å². The maximum atomic E-state index is 14.3. The third-order valence-corrected chi connectivity index (χ3v) is 3.94. The molecule has 0 aliphatic rings. The van der Waals surface area contributed by atoms with E-state index in [-0.39, 0.29) is 12.5 Å². The van der Waals surface area contributed by atoms with Crippen LogP contribution in [0, 0.1) is 12.8 Å². The van der Waals surface area contributed by atoms with Crippen molar-refractivity contribution >= 4 is 17.5 Å². The summed E-state index contributed by atoms with van der Waals surface area (Å²) < 4.78 is 14.3. The van der Waals surface area contributed by atoms with Crippen molar-refractivity contribution in [2.75, 3.05) is 6.54 Å². The van der Waals surface area contributed by atoms with Crippen LogP contribution < -0.4 is 5.32 Å². The number of hydrogen-bond acceptors (Lipinski definition) is 1. The van der Waals surface area contributed by atoms with E-state index in [0.717, 1.165) is 12.0 Å². The molecule has 0 heterocycles. The van der Waals surface area contributed by atoms with E-state index in [1.54, 1.807) is 31.2 Å². The zero-order valence-electron chi connectivity index (χ0n) is 13.3. The Morgan fingerprint density at radius 3 is 2.68 bits per heavy atom. The van der Waals surface area contributed by atoms with Crippen LogP contribution in [0.2, 0.25) is 0 Å². The molecular formula is C18H23ClFNO. The lowest BCUT2D eigenvalue weighted by atomic mass is 10.0. The molecule has 120 valence electrons. The molecule has 1 aromatic carbocycles. The molecule has 0 radical (unpaired) electrons. The predicted molar refractivity (Wildman–Crippen MR) is 90.9 cm³/mol. The summed E-state index contributed by atoms with van der Waals surface area (Å²) in [4.78, 5) is 12.2. The van der Waals surface area contributed by atoms with E-state index >= 15 is 0 Å². The van der Waals surface area contributed by atoms with Crippen LogP contribution in [0.1, 0.15) is 36.2 Å². The summed E-state index contributed by atoms with van der Waals surface area (Å²) in [5.74, 6) is -0.780. The number of amides is 1. The van der Waals surface area contributed by atoms with Gasteiger partial charge in [0, 0.05) is 23.1 Å². The van der Waals surface area contributed by atoms with Gasteiger partial charge < -0.3 is 5.32 Å². The second kappa shape index (κ2) is 9.42. The predicted octanol–water partition coefficient (Wildman–Crippen LogP) is 4.79. The second-order valence-electron chi connectivity index (χ2n) is 5.09. The van der Waals surface area contributed by atoms with Gasteiger partial charge in [-0.05, 0) is 31.9 Å². The van der Waals surface area contributed by atoms with Crippen molar-refractivity contribution in [3.8, 4) is 0 Å². The fourth-order valence-electron chi connectivity index (χ4n) is 2.10. The molecule has 1 aromatic rings. The molecule has 0 fully saturated rings. The normalized spacial score (nSPS) is 14.9. The molecular weight excluding hydrogens is 301 g/mol. The van der Waals surface area contributed by atoms with Crippen LogP contribution in [0.15, 0.2) is 47.5 Å². The molecule has 4 heteroatoms. The summed E-state index contributed by atoms with van der Waals surface area (Å²) in [6.07, 6.45) is 4.46. The number of rotatable bonds is 7. The number of aryl methyl sites for hydroxylation is 1. The maximum absolute atomic E-state index is 14.3. The topological polar surface area (TPSA) is 29.1 Å². The minimum Gasteiger partial charge on any atom is -0.351 e. The average Bonchev–Trinajstić information content (AvgIpc) is 2.52. The van der Waals surface area contributed by atoms with Gasteiger partial charge in [0.15, 0.2) is 0 Å². The molecule has 0 bridgehead atoms. The standard InChI is InChI=1S/C18H23ClFNO/c1-4-6-11-17(20)15(16(19)5-2)12-21-18(22)14-10-8-7-9-13(14)3/h5-11,15,17H,4,12H2,1-3H3,(H,21,22)/b11-6-,16-5+. The van der Waals surface area contributed by atoms with Crippen LogP contribution in [0.4, 0.5) is 4.39 Å². The van der Waals surface area contributed by atoms with E-state index in [4.69, 9.17) is 11.6 Å². The first-order valence-electron chi connectivity index (χ1n) is 7.47. The van der Waals surface area contributed by atoms with Crippen LogP contribution in [0.3, 0.4) is 0 Å². The highest BCUT2D eigenvalue weighted by molar-refractivity contribution is 6.29. The van der Waals surface area contributed by atoms with Crippen molar-refractivity contribution in [1.29, 1.82) is 0 Å². The van der Waals surface area contributed by atoms with Gasteiger partial charge in [-0.3, -0.25) is 4.79 Å². The Hall–Kier alpha value is -1.61. The Balaban J connectivity index is 2.77. The average molecular weight is 324 g/mol. The molecule has 1 amide bonds. The van der Waals surface area contributed by atoms with Crippen LogP contribution in [0.25, 0.3) is 0 Å².